The van der Waals surface area contributed by atoms with Crippen LogP contribution in [-0.4, -0.2) is 4.98 Å². The van der Waals surface area contributed by atoms with Gasteiger partial charge < -0.3 is 10.2 Å². The van der Waals surface area contributed by atoms with Crippen LogP contribution < -0.4 is 11.3 Å². The standard InChI is InChI=1S/C15H15N3OS/c16-18-15-12(9-19-10-13-5-3-7-20-13)8-11-4-1-2-6-14(11)17-15/h1-8H,9-10,16H2,(H,17,18). The molecule has 0 saturated heterocycles. The fourth-order valence-corrected chi connectivity index (χ4v) is 2.69. The number of aromatic nitrogens is 1. The fraction of sp³-hybridized carbons (Fsp3) is 0.133. The van der Waals surface area contributed by atoms with Crippen molar-refractivity contribution < 1.29 is 4.74 Å². The van der Waals surface area contributed by atoms with Crippen LogP contribution in [0.4, 0.5) is 5.82 Å². The van der Waals surface area contributed by atoms with Crippen molar-refractivity contribution in [2.24, 2.45) is 5.84 Å². The van der Waals surface area contributed by atoms with E-state index in [1.165, 1.54) is 4.88 Å². The van der Waals surface area contributed by atoms with Gasteiger partial charge in [0.15, 0.2) is 0 Å². The Morgan fingerprint density at radius 1 is 1.15 bits per heavy atom. The highest BCUT2D eigenvalue weighted by Gasteiger charge is 2.06. The molecule has 0 radical (unpaired) electrons. The number of pyridine rings is 1. The number of nitrogens with zero attached hydrogens (tertiary/aromatic N) is 1. The zero-order chi connectivity index (χ0) is 13.8. The molecule has 1 aromatic carbocycles. The highest BCUT2D eigenvalue weighted by molar-refractivity contribution is 7.09. The number of anilines is 1. The minimum atomic E-state index is 0.481. The Balaban J connectivity index is 1.78. The van der Waals surface area contributed by atoms with Gasteiger partial charge in [-0.15, -0.1) is 11.3 Å². The number of para-hydroxylation sites is 1. The molecule has 0 aliphatic carbocycles. The molecule has 0 unspecified atom stereocenters. The number of fused-ring (bicyclic) bond motifs is 1. The summed E-state index contributed by atoms with van der Waals surface area (Å²) in [6, 6.07) is 14.1. The molecule has 0 atom stereocenters. The van der Waals surface area contributed by atoms with Crippen molar-refractivity contribution in [3.05, 3.63) is 58.3 Å². The first-order valence-electron chi connectivity index (χ1n) is 6.32. The quantitative estimate of drug-likeness (QED) is 0.558. The molecule has 3 N–H and O–H groups in total. The summed E-state index contributed by atoms with van der Waals surface area (Å²) in [4.78, 5) is 5.71. The molecule has 102 valence electrons. The Bertz CT molecular complexity index is 697. The van der Waals surface area contributed by atoms with Crippen molar-refractivity contribution in [1.82, 2.24) is 4.98 Å². The molecule has 2 aromatic heterocycles. The Labute approximate surface area is 121 Å². The predicted molar refractivity (Wildman–Crippen MR) is 82.4 cm³/mol. The lowest BCUT2D eigenvalue weighted by Crippen LogP contribution is -2.12. The average Bonchev–Trinajstić information content (AvgIpc) is 3.00. The van der Waals surface area contributed by atoms with Gasteiger partial charge in [0.2, 0.25) is 0 Å². The van der Waals surface area contributed by atoms with E-state index in [4.69, 9.17) is 10.6 Å². The molecule has 0 amide bonds. The number of nitrogens with one attached hydrogen (secondary N) is 1. The minimum absolute atomic E-state index is 0.481. The predicted octanol–water partition coefficient (Wildman–Crippen LogP) is 3.30. The maximum atomic E-state index is 5.73. The highest BCUT2D eigenvalue weighted by atomic mass is 32.1. The van der Waals surface area contributed by atoms with Crippen molar-refractivity contribution in [3.8, 4) is 0 Å². The molecule has 5 heteroatoms. The van der Waals surface area contributed by atoms with E-state index in [0.29, 0.717) is 19.0 Å². The lowest BCUT2D eigenvalue weighted by atomic mass is 10.1. The molecule has 0 saturated carbocycles. The second-order valence-corrected chi connectivity index (χ2v) is 5.44. The summed E-state index contributed by atoms with van der Waals surface area (Å²) in [5, 5.41) is 3.13. The SMILES string of the molecule is NNc1nc2ccccc2cc1COCc1cccs1. The number of ether oxygens (including phenoxy) is 1. The Hall–Kier alpha value is -1.95. The maximum Gasteiger partial charge on any atom is 0.146 e. The van der Waals surface area contributed by atoms with Gasteiger partial charge in [-0.2, -0.15) is 0 Å². The first-order valence-corrected chi connectivity index (χ1v) is 7.20. The monoisotopic (exact) mass is 285 g/mol. The van der Waals surface area contributed by atoms with Crippen molar-refractivity contribution in [1.29, 1.82) is 0 Å². The molecule has 0 spiro atoms. The minimum Gasteiger partial charge on any atom is -0.371 e. The summed E-state index contributed by atoms with van der Waals surface area (Å²) in [5.41, 5.74) is 4.52. The smallest absolute Gasteiger partial charge is 0.146 e. The van der Waals surface area contributed by atoms with Crippen molar-refractivity contribution in [2.75, 3.05) is 5.43 Å². The summed E-state index contributed by atoms with van der Waals surface area (Å²) in [5.74, 6) is 6.20. The molecule has 20 heavy (non-hydrogen) atoms. The van der Waals surface area contributed by atoms with E-state index in [2.05, 4.69) is 22.5 Å². The van der Waals surface area contributed by atoms with Crippen LogP contribution in [0.15, 0.2) is 47.8 Å². The van der Waals surface area contributed by atoms with Crippen LogP contribution in [0, 0.1) is 0 Å². The molecule has 3 aromatic rings. The van der Waals surface area contributed by atoms with Gasteiger partial charge in [-0.05, 0) is 23.6 Å². The summed E-state index contributed by atoms with van der Waals surface area (Å²) in [6.45, 7) is 1.09. The maximum absolute atomic E-state index is 5.73. The summed E-state index contributed by atoms with van der Waals surface area (Å²) in [6.07, 6.45) is 0. The number of hydrogen-bond acceptors (Lipinski definition) is 5. The summed E-state index contributed by atoms with van der Waals surface area (Å²) in [7, 11) is 0. The molecular formula is C15H15N3OS. The lowest BCUT2D eigenvalue weighted by Gasteiger charge is -2.10. The third kappa shape index (κ3) is 2.80. The molecule has 0 bridgehead atoms. The third-order valence-corrected chi connectivity index (χ3v) is 3.87. The number of hydrogen-bond donors (Lipinski definition) is 2. The topological polar surface area (TPSA) is 60.2 Å². The Kier molecular flexibility index (Phi) is 3.92. The van der Waals surface area contributed by atoms with Crippen molar-refractivity contribution >= 4 is 28.1 Å². The van der Waals surface area contributed by atoms with E-state index in [9.17, 15) is 0 Å². The van der Waals surface area contributed by atoms with Gasteiger partial charge in [0.05, 0.1) is 18.7 Å². The number of nitrogens with two attached hydrogens (primary N) is 1. The summed E-state index contributed by atoms with van der Waals surface area (Å²) >= 11 is 1.69. The number of thiophene rings is 1. The van der Waals surface area contributed by atoms with Gasteiger partial charge in [0.25, 0.3) is 0 Å². The molecule has 0 aliphatic heterocycles. The van der Waals surface area contributed by atoms with Gasteiger partial charge in [-0.3, -0.25) is 0 Å². The second-order valence-electron chi connectivity index (χ2n) is 4.41. The van der Waals surface area contributed by atoms with Crippen LogP contribution in [-0.2, 0) is 18.0 Å². The summed E-state index contributed by atoms with van der Waals surface area (Å²) < 4.78 is 5.73. The average molecular weight is 285 g/mol. The zero-order valence-corrected chi connectivity index (χ0v) is 11.7. The normalized spacial score (nSPS) is 10.8. The number of hydrazine groups is 1. The van der Waals surface area contributed by atoms with Gasteiger partial charge in [-0.25, -0.2) is 10.8 Å². The van der Waals surface area contributed by atoms with Gasteiger partial charge >= 0.3 is 0 Å². The molecule has 4 nitrogen and oxygen atoms in total. The first kappa shape index (κ1) is 13.1. The van der Waals surface area contributed by atoms with Gasteiger partial charge in [-0.1, -0.05) is 24.3 Å². The van der Waals surface area contributed by atoms with Crippen molar-refractivity contribution in [3.63, 3.8) is 0 Å². The second kappa shape index (κ2) is 6.00. The Morgan fingerprint density at radius 3 is 2.85 bits per heavy atom. The van der Waals surface area contributed by atoms with Crippen LogP contribution in [0.5, 0.6) is 0 Å². The number of nitrogen functional groups attached to an aromatic ring is 1. The molecule has 0 fully saturated rings. The van der Waals surface area contributed by atoms with Crippen LogP contribution >= 0.6 is 11.3 Å². The van der Waals surface area contributed by atoms with E-state index >= 15 is 0 Å². The lowest BCUT2D eigenvalue weighted by molar-refractivity contribution is 0.109. The van der Waals surface area contributed by atoms with E-state index in [1.807, 2.05) is 35.7 Å². The van der Waals surface area contributed by atoms with Gasteiger partial charge in [0, 0.05) is 15.8 Å². The largest absolute Gasteiger partial charge is 0.371 e. The molecule has 0 aliphatic rings. The molecule has 3 rings (SSSR count). The van der Waals surface area contributed by atoms with E-state index < -0.39 is 0 Å². The van der Waals surface area contributed by atoms with Crippen LogP contribution in [0.1, 0.15) is 10.4 Å². The number of rotatable bonds is 5. The van der Waals surface area contributed by atoms with E-state index in [1.54, 1.807) is 11.3 Å². The van der Waals surface area contributed by atoms with Crippen LogP contribution in [0.2, 0.25) is 0 Å². The molecule has 2 heterocycles. The van der Waals surface area contributed by atoms with E-state index in [0.717, 1.165) is 16.5 Å². The Morgan fingerprint density at radius 2 is 2.05 bits per heavy atom. The molecular weight excluding hydrogens is 270 g/mol. The van der Waals surface area contributed by atoms with Crippen LogP contribution in [0.25, 0.3) is 10.9 Å². The number of benzene rings is 1. The fourth-order valence-electron chi connectivity index (χ4n) is 2.05. The highest BCUT2D eigenvalue weighted by Crippen LogP contribution is 2.21. The third-order valence-electron chi connectivity index (χ3n) is 3.02. The van der Waals surface area contributed by atoms with Gasteiger partial charge in [0.1, 0.15) is 5.82 Å². The zero-order valence-electron chi connectivity index (χ0n) is 10.9. The van der Waals surface area contributed by atoms with Crippen molar-refractivity contribution in [2.45, 2.75) is 13.2 Å². The van der Waals surface area contributed by atoms with E-state index in [-0.39, 0.29) is 0 Å². The van der Waals surface area contributed by atoms with Crippen LogP contribution in [0.3, 0.4) is 0 Å². The first-order chi connectivity index (χ1) is 9.86.